The summed E-state index contributed by atoms with van der Waals surface area (Å²) in [5.41, 5.74) is 0.753. The molecule has 1 aliphatic carbocycles. The van der Waals surface area contributed by atoms with Crippen molar-refractivity contribution >= 4 is 14.6 Å². The minimum absolute atomic E-state index is 0.226. The van der Waals surface area contributed by atoms with Gasteiger partial charge in [-0.25, -0.2) is 4.39 Å². The number of hydrogen-bond donors (Lipinski definition) is 0. The topological polar surface area (TPSA) is 35.5 Å². The van der Waals surface area contributed by atoms with Crippen molar-refractivity contribution in [2.24, 2.45) is 0 Å². The number of ether oxygens (including phenoxy) is 1. The summed E-state index contributed by atoms with van der Waals surface area (Å²) in [4.78, 5) is 10.8. The molecule has 0 bridgehead atoms. The van der Waals surface area contributed by atoms with E-state index in [1.54, 1.807) is 13.0 Å². The molecule has 0 saturated heterocycles. The molecule has 1 saturated carbocycles. The zero-order chi connectivity index (χ0) is 17.1. The fourth-order valence-corrected chi connectivity index (χ4v) is 6.17. The number of hydrogen-bond acceptors (Lipinski definition) is 3. The van der Waals surface area contributed by atoms with E-state index in [0.29, 0.717) is 24.0 Å². The summed E-state index contributed by atoms with van der Waals surface area (Å²) in [5.74, 6) is -0.241. The van der Waals surface area contributed by atoms with Crippen LogP contribution in [0.25, 0.3) is 0 Å². The Morgan fingerprint density at radius 3 is 2.26 bits per heavy atom. The number of aryl methyl sites for hydroxylation is 1. The zero-order valence-electron chi connectivity index (χ0n) is 14.6. The SMILES string of the molecule is CC[Si](CC)(CC)OC1(COc2c(C)cc(C=O)cc2F)CC1. The molecule has 3 nitrogen and oxygen atoms in total. The number of benzene rings is 1. The van der Waals surface area contributed by atoms with Gasteiger partial charge in [0.15, 0.2) is 19.9 Å². The molecule has 0 N–H and O–H groups in total. The Morgan fingerprint density at radius 1 is 1.22 bits per heavy atom. The van der Waals surface area contributed by atoms with E-state index in [9.17, 15) is 9.18 Å². The second kappa shape index (κ2) is 7.14. The molecular weight excluding hydrogens is 311 g/mol. The summed E-state index contributed by atoms with van der Waals surface area (Å²) < 4.78 is 26.5. The second-order valence-corrected chi connectivity index (χ2v) is 11.3. The molecule has 0 radical (unpaired) electrons. The van der Waals surface area contributed by atoms with Gasteiger partial charge in [0.1, 0.15) is 12.9 Å². The van der Waals surface area contributed by atoms with Crippen molar-refractivity contribution in [2.45, 2.75) is 64.3 Å². The van der Waals surface area contributed by atoms with Gasteiger partial charge in [-0.3, -0.25) is 4.79 Å². The summed E-state index contributed by atoms with van der Waals surface area (Å²) in [6.07, 6.45) is 2.61. The highest BCUT2D eigenvalue weighted by atomic mass is 28.4. The molecule has 1 fully saturated rings. The summed E-state index contributed by atoms with van der Waals surface area (Å²) >= 11 is 0. The van der Waals surface area contributed by atoms with Crippen LogP contribution in [0.1, 0.15) is 49.5 Å². The molecule has 1 aliphatic rings. The molecule has 0 heterocycles. The Labute approximate surface area is 139 Å². The Hall–Kier alpha value is -1.20. The Balaban J connectivity index is 2.07. The van der Waals surface area contributed by atoms with Crippen LogP contribution in [0.2, 0.25) is 18.1 Å². The van der Waals surface area contributed by atoms with Crippen molar-refractivity contribution < 1.29 is 18.3 Å². The lowest BCUT2D eigenvalue weighted by Gasteiger charge is -2.33. The molecule has 1 aromatic carbocycles. The van der Waals surface area contributed by atoms with Crippen LogP contribution in [-0.2, 0) is 4.43 Å². The van der Waals surface area contributed by atoms with Crippen molar-refractivity contribution in [3.05, 3.63) is 29.1 Å². The van der Waals surface area contributed by atoms with E-state index in [1.165, 1.54) is 6.07 Å². The summed E-state index contributed by atoms with van der Waals surface area (Å²) in [6.45, 7) is 8.77. The molecule has 0 unspecified atom stereocenters. The Morgan fingerprint density at radius 2 is 1.83 bits per heavy atom. The fourth-order valence-electron chi connectivity index (χ4n) is 3.05. The van der Waals surface area contributed by atoms with Crippen molar-refractivity contribution in [3.63, 3.8) is 0 Å². The van der Waals surface area contributed by atoms with Crippen LogP contribution in [0.15, 0.2) is 12.1 Å². The van der Waals surface area contributed by atoms with Crippen molar-refractivity contribution in [1.29, 1.82) is 0 Å². The average molecular weight is 338 g/mol. The lowest BCUT2D eigenvalue weighted by atomic mass is 10.1. The first-order chi connectivity index (χ1) is 10.9. The molecule has 2 rings (SSSR count). The average Bonchev–Trinajstić information content (AvgIpc) is 3.31. The largest absolute Gasteiger partial charge is 0.487 e. The molecule has 0 aromatic heterocycles. The minimum Gasteiger partial charge on any atom is -0.487 e. The third-order valence-electron chi connectivity index (χ3n) is 5.04. The lowest BCUT2D eigenvalue weighted by molar-refractivity contribution is 0.0945. The normalized spacial score (nSPS) is 16.2. The Kier molecular flexibility index (Phi) is 5.63. The molecule has 23 heavy (non-hydrogen) atoms. The van der Waals surface area contributed by atoms with Crippen LogP contribution < -0.4 is 4.74 Å². The summed E-state index contributed by atoms with van der Waals surface area (Å²) in [7, 11) is -1.69. The number of halogens is 1. The van der Waals surface area contributed by atoms with Crippen LogP contribution >= 0.6 is 0 Å². The minimum atomic E-state index is -1.69. The molecular formula is C18H27FO3Si. The van der Waals surface area contributed by atoms with E-state index in [-0.39, 0.29) is 11.4 Å². The lowest BCUT2D eigenvalue weighted by Crippen LogP contribution is -2.43. The number of aldehydes is 1. The van der Waals surface area contributed by atoms with Gasteiger partial charge in [-0.05, 0) is 55.6 Å². The van der Waals surface area contributed by atoms with Crippen LogP contribution in [0.5, 0.6) is 5.75 Å². The van der Waals surface area contributed by atoms with E-state index in [0.717, 1.165) is 31.0 Å². The maximum Gasteiger partial charge on any atom is 0.193 e. The van der Waals surface area contributed by atoms with Crippen LogP contribution in [0.4, 0.5) is 4.39 Å². The van der Waals surface area contributed by atoms with E-state index in [2.05, 4.69) is 20.8 Å². The van der Waals surface area contributed by atoms with E-state index < -0.39 is 14.1 Å². The first-order valence-electron chi connectivity index (χ1n) is 8.51. The summed E-state index contributed by atoms with van der Waals surface area (Å²) in [5, 5.41) is 0. The molecule has 0 amide bonds. The first-order valence-corrected chi connectivity index (χ1v) is 11.0. The standard InChI is InChI=1S/C18H27FO3Si/c1-5-23(6-2,7-3)22-18(8-9-18)13-21-17-14(4)10-15(12-20)11-16(17)19/h10-12H,5-9,13H2,1-4H3. The van der Waals surface area contributed by atoms with Crippen molar-refractivity contribution in [2.75, 3.05) is 6.61 Å². The maximum atomic E-state index is 14.1. The van der Waals surface area contributed by atoms with Gasteiger partial charge in [0, 0.05) is 5.56 Å². The highest BCUT2D eigenvalue weighted by Gasteiger charge is 2.50. The number of carbonyl (C=O) groups excluding carboxylic acids is 1. The molecule has 128 valence electrons. The van der Waals surface area contributed by atoms with Gasteiger partial charge in [0.2, 0.25) is 0 Å². The number of rotatable bonds is 9. The van der Waals surface area contributed by atoms with E-state index in [1.807, 2.05) is 0 Å². The van der Waals surface area contributed by atoms with Gasteiger partial charge in [0.25, 0.3) is 0 Å². The Bertz CT molecular complexity index is 534. The summed E-state index contributed by atoms with van der Waals surface area (Å²) in [6, 6.07) is 6.17. The molecule has 0 atom stereocenters. The van der Waals surface area contributed by atoms with Gasteiger partial charge in [0.05, 0.1) is 5.60 Å². The number of carbonyl (C=O) groups is 1. The first kappa shape index (κ1) is 18.1. The van der Waals surface area contributed by atoms with Gasteiger partial charge in [-0.2, -0.15) is 0 Å². The van der Waals surface area contributed by atoms with Gasteiger partial charge in [-0.1, -0.05) is 20.8 Å². The van der Waals surface area contributed by atoms with E-state index >= 15 is 0 Å². The van der Waals surface area contributed by atoms with Gasteiger partial charge in [-0.15, -0.1) is 0 Å². The zero-order valence-corrected chi connectivity index (χ0v) is 15.6. The van der Waals surface area contributed by atoms with Crippen LogP contribution in [-0.4, -0.2) is 26.8 Å². The fraction of sp³-hybridized carbons (Fsp3) is 0.611. The van der Waals surface area contributed by atoms with E-state index in [4.69, 9.17) is 9.16 Å². The predicted molar refractivity (Wildman–Crippen MR) is 92.3 cm³/mol. The highest BCUT2D eigenvalue weighted by molar-refractivity contribution is 6.73. The van der Waals surface area contributed by atoms with Crippen molar-refractivity contribution in [3.8, 4) is 5.75 Å². The molecule has 5 heteroatoms. The predicted octanol–water partition coefficient (Wildman–Crippen LogP) is 4.88. The monoisotopic (exact) mass is 338 g/mol. The molecule has 1 aromatic rings. The molecule has 0 spiro atoms. The van der Waals surface area contributed by atoms with Crippen LogP contribution in [0, 0.1) is 12.7 Å². The van der Waals surface area contributed by atoms with Gasteiger partial charge >= 0.3 is 0 Å². The third kappa shape index (κ3) is 4.01. The highest BCUT2D eigenvalue weighted by Crippen LogP contribution is 2.44. The van der Waals surface area contributed by atoms with Gasteiger partial charge < -0.3 is 9.16 Å². The maximum absolute atomic E-state index is 14.1. The second-order valence-electron chi connectivity index (χ2n) is 6.58. The smallest absolute Gasteiger partial charge is 0.193 e. The van der Waals surface area contributed by atoms with Crippen molar-refractivity contribution in [1.82, 2.24) is 0 Å². The molecule has 0 aliphatic heterocycles. The quantitative estimate of drug-likeness (QED) is 0.475. The van der Waals surface area contributed by atoms with Crippen LogP contribution in [0.3, 0.4) is 0 Å². The third-order valence-corrected chi connectivity index (χ3v) is 9.77.